The maximum atomic E-state index is 14.7. The molecule has 2 aliphatic rings. The van der Waals surface area contributed by atoms with Crippen LogP contribution in [0.2, 0.25) is 0 Å². The van der Waals surface area contributed by atoms with Gasteiger partial charge in [0.2, 0.25) is 11.8 Å². The van der Waals surface area contributed by atoms with Crippen molar-refractivity contribution in [2.45, 2.75) is 96.1 Å². The second-order valence-corrected chi connectivity index (χ2v) is 16.1. The van der Waals surface area contributed by atoms with E-state index in [1.807, 2.05) is 31.2 Å². The number of Topliss-reactive ketones (excluding diaryl/α,β-unsaturated/α-hetero) is 3. The fraction of sp³-hybridized carbons (Fsp3) is 0.489. The van der Waals surface area contributed by atoms with Crippen molar-refractivity contribution in [1.29, 1.82) is 5.26 Å². The van der Waals surface area contributed by atoms with Crippen LogP contribution in [0.4, 0.5) is 0 Å². The minimum absolute atomic E-state index is 0.0178. The van der Waals surface area contributed by atoms with Gasteiger partial charge in [-0.25, -0.2) is 0 Å². The van der Waals surface area contributed by atoms with E-state index in [2.05, 4.69) is 11.4 Å². The van der Waals surface area contributed by atoms with E-state index in [9.17, 15) is 29.2 Å². The maximum absolute atomic E-state index is 14.7. The fourth-order valence-electron chi connectivity index (χ4n) is 8.49. The summed E-state index contributed by atoms with van der Waals surface area (Å²) in [6.07, 6.45) is 4.56. The molecule has 1 saturated carbocycles. The summed E-state index contributed by atoms with van der Waals surface area (Å²) >= 11 is 0. The van der Waals surface area contributed by atoms with E-state index in [1.165, 1.54) is 30.4 Å². The van der Waals surface area contributed by atoms with E-state index in [1.54, 1.807) is 37.3 Å². The minimum atomic E-state index is -1.19. The summed E-state index contributed by atoms with van der Waals surface area (Å²) in [5, 5.41) is 12.1. The highest BCUT2D eigenvalue weighted by Gasteiger charge is 2.36. The van der Waals surface area contributed by atoms with Crippen LogP contribution < -0.4 is 32.0 Å². The van der Waals surface area contributed by atoms with Crippen molar-refractivity contribution in [3.63, 3.8) is 0 Å². The third kappa shape index (κ3) is 11.2. The van der Waals surface area contributed by atoms with Crippen LogP contribution in [0.1, 0.15) is 109 Å². The number of ketones is 3. The second-order valence-electron chi connectivity index (χ2n) is 16.1. The Labute approximate surface area is 353 Å². The maximum Gasteiger partial charge on any atom is 0.226 e. The Kier molecular flexibility index (Phi) is 16.5. The zero-order chi connectivity index (χ0) is 43.3. The number of likely N-dealkylation sites (N-methyl/N-ethyl adjacent to an activating group) is 1. The molecule has 320 valence electrons. The molecular formula is C47H60N6O7. The Bertz CT molecular complexity index is 2070. The summed E-state index contributed by atoms with van der Waals surface area (Å²) in [5.41, 5.74) is 22.6. The lowest BCUT2D eigenvalue weighted by atomic mass is 9.87. The number of nitrogens with two attached hydrogens (primary N) is 3. The number of hydrogen-bond acceptors (Lipinski definition) is 11. The van der Waals surface area contributed by atoms with Crippen LogP contribution in [0, 0.1) is 30.1 Å². The van der Waals surface area contributed by atoms with Gasteiger partial charge < -0.3 is 36.9 Å². The van der Waals surface area contributed by atoms with Gasteiger partial charge in [-0.15, -0.1) is 0 Å². The summed E-state index contributed by atoms with van der Waals surface area (Å²) in [7, 11) is 1.53. The van der Waals surface area contributed by atoms with Gasteiger partial charge in [0.1, 0.15) is 30.8 Å². The zero-order valence-corrected chi connectivity index (χ0v) is 35.2. The van der Waals surface area contributed by atoms with Gasteiger partial charge in [0.15, 0.2) is 17.3 Å². The third-order valence-corrected chi connectivity index (χ3v) is 11.7. The van der Waals surface area contributed by atoms with E-state index in [4.69, 9.17) is 26.7 Å². The molecule has 0 spiro atoms. The van der Waals surface area contributed by atoms with Crippen LogP contribution in [-0.4, -0.2) is 80.0 Å². The van der Waals surface area contributed by atoms with Crippen molar-refractivity contribution in [2.24, 2.45) is 29.0 Å². The summed E-state index contributed by atoms with van der Waals surface area (Å²) < 4.78 is 12.2. The monoisotopic (exact) mass is 820 g/mol. The number of amides is 2. The number of aryl methyl sites for hydroxylation is 1. The van der Waals surface area contributed by atoms with Gasteiger partial charge in [-0.2, -0.15) is 5.26 Å². The lowest BCUT2D eigenvalue weighted by Gasteiger charge is -2.32. The number of rotatable bonds is 17. The molecule has 4 bridgehead atoms. The molecule has 1 fully saturated rings. The molecule has 2 amide bonds. The van der Waals surface area contributed by atoms with Gasteiger partial charge in [0.05, 0.1) is 12.1 Å². The molecule has 7 N–H and O–H groups in total. The van der Waals surface area contributed by atoms with E-state index in [-0.39, 0.29) is 82.9 Å². The van der Waals surface area contributed by atoms with Crippen LogP contribution in [0.5, 0.6) is 11.5 Å². The van der Waals surface area contributed by atoms with Crippen LogP contribution in [0.25, 0.3) is 11.1 Å². The average Bonchev–Trinajstić information content (AvgIpc) is 3.79. The molecule has 13 heteroatoms. The first-order chi connectivity index (χ1) is 28.9. The van der Waals surface area contributed by atoms with E-state index >= 15 is 0 Å². The van der Waals surface area contributed by atoms with Crippen LogP contribution >= 0.6 is 0 Å². The number of carbonyl (C=O) groups is 5. The molecule has 5 rings (SSSR count). The number of hydrogen-bond donors (Lipinski definition) is 4. The predicted octanol–water partition coefficient (Wildman–Crippen LogP) is 5.24. The normalized spacial score (nSPS) is 18.8. The van der Waals surface area contributed by atoms with Gasteiger partial charge in [-0.05, 0) is 91.6 Å². The highest BCUT2D eigenvalue weighted by Crippen LogP contribution is 2.41. The second kappa shape index (κ2) is 21.7. The Morgan fingerprint density at radius 3 is 2.17 bits per heavy atom. The standard InChI is InChI=1S/C47H60N6O7/c1-29-23-33(32-7-4-5-8-32)11-13-36(29)41(55)28-35(16-18-49)47(58)53(3)45-34-12-15-44(60-22-20-51)38(27-34)37-25-31(10-14-43(37)59-21-19-50)26-39(40(54)9-6-17-48)52-46(57)30(2)24-42(45)56/h10-15,23,25,27,30,32,35,39,45H,4-9,16,18-22,24,26,28,49-51H2,1-3H3,(H,52,57)/t30-,35-,39+,45+/m1/s1. The molecule has 0 saturated heterocycles. The quantitative estimate of drug-likeness (QED) is 0.129. The summed E-state index contributed by atoms with van der Waals surface area (Å²) in [4.78, 5) is 71.8. The Morgan fingerprint density at radius 2 is 1.53 bits per heavy atom. The lowest BCUT2D eigenvalue weighted by molar-refractivity contribution is -0.142. The third-order valence-electron chi connectivity index (χ3n) is 11.7. The van der Waals surface area contributed by atoms with Crippen molar-refractivity contribution < 1.29 is 33.4 Å². The number of ether oxygens (including phenoxy) is 2. The van der Waals surface area contributed by atoms with Crippen molar-refractivity contribution in [3.8, 4) is 28.7 Å². The molecular weight excluding hydrogens is 761 g/mol. The number of fused-ring (bicyclic) bond motifs is 5. The predicted molar refractivity (Wildman–Crippen MR) is 229 cm³/mol. The Hall–Kier alpha value is -5.42. The molecule has 3 aromatic rings. The van der Waals surface area contributed by atoms with Gasteiger partial charge in [0, 0.05) is 74.3 Å². The lowest BCUT2D eigenvalue weighted by Crippen LogP contribution is -2.46. The summed E-state index contributed by atoms with van der Waals surface area (Å²) in [5.74, 6) is -2.21. The van der Waals surface area contributed by atoms with Crippen LogP contribution in [0.15, 0.2) is 54.6 Å². The molecule has 13 nitrogen and oxygen atoms in total. The molecule has 4 atom stereocenters. The molecule has 0 unspecified atom stereocenters. The Morgan fingerprint density at radius 1 is 0.883 bits per heavy atom. The number of carbonyl (C=O) groups excluding carboxylic acids is 5. The molecule has 1 aliphatic carbocycles. The molecule has 60 heavy (non-hydrogen) atoms. The van der Waals surface area contributed by atoms with Crippen molar-refractivity contribution >= 4 is 29.2 Å². The molecule has 0 radical (unpaired) electrons. The van der Waals surface area contributed by atoms with E-state index < -0.39 is 41.5 Å². The molecule has 3 aromatic carbocycles. The van der Waals surface area contributed by atoms with Crippen LogP contribution in [-0.2, 0) is 25.6 Å². The zero-order valence-electron chi connectivity index (χ0n) is 35.2. The SMILES string of the molecule is Cc1cc(C2CCCC2)ccc1C(=O)C[C@@H](CCN)C(=O)N(C)[C@@H]1C(=O)C[C@@H](C)C(=O)N[C@H](C(=O)CCC#N)Cc2ccc(OCCN)c(c2)-c2cc1ccc2OCCN. The minimum Gasteiger partial charge on any atom is -0.492 e. The van der Waals surface area contributed by atoms with Gasteiger partial charge in [-0.1, -0.05) is 50.1 Å². The van der Waals surface area contributed by atoms with Crippen LogP contribution in [0.3, 0.4) is 0 Å². The fourth-order valence-corrected chi connectivity index (χ4v) is 8.49. The number of nitrogens with one attached hydrogen (secondary N) is 1. The van der Waals surface area contributed by atoms with Crippen molar-refractivity contribution in [3.05, 3.63) is 82.4 Å². The number of benzene rings is 3. The molecule has 1 heterocycles. The topological polar surface area (TPSA) is 221 Å². The summed E-state index contributed by atoms with van der Waals surface area (Å²) in [6, 6.07) is 16.4. The average molecular weight is 821 g/mol. The Balaban J connectivity index is 1.58. The summed E-state index contributed by atoms with van der Waals surface area (Å²) in [6.45, 7) is 4.50. The van der Waals surface area contributed by atoms with Gasteiger partial charge in [-0.3, -0.25) is 24.0 Å². The number of nitriles is 1. The first kappa shape index (κ1) is 45.7. The van der Waals surface area contributed by atoms with Crippen molar-refractivity contribution in [1.82, 2.24) is 10.2 Å². The highest BCUT2D eigenvalue weighted by atomic mass is 16.5. The molecule has 0 aromatic heterocycles. The van der Waals surface area contributed by atoms with Gasteiger partial charge in [0.25, 0.3) is 0 Å². The van der Waals surface area contributed by atoms with E-state index in [0.717, 1.165) is 18.4 Å². The highest BCUT2D eigenvalue weighted by molar-refractivity contribution is 6.01. The van der Waals surface area contributed by atoms with Gasteiger partial charge >= 0.3 is 0 Å². The largest absolute Gasteiger partial charge is 0.492 e. The first-order valence-electron chi connectivity index (χ1n) is 21.2. The number of nitrogens with zero attached hydrogens (tertiary/aromatic N) is 2. The van der Waals surface area contributed by atoms with E-state index in [0.29, 0.717) is 45.2 Å². The molecule has 1 aliphatic heterocycles. The van der Waals surface area contributed by atoms with Crippen molar-refractivity contribution in [2.75, 3.05) is 39.9 Å². The smallest absolute Gasteiger partial charge is 0.226 e. The first-order valence-corrected chi connectivity index (χ1v) is 21.2.